The molecule has 98 valence electrons. The minimum absolute atomic E-state index is 0.0661. The highest BCUT2D eigenvalue weighted by atomic mass is 35.5. The molecule has 0 saturated heterocycles. The number of carbonyl (C=O) groups is 1. The van der Waals surface area contributed by atoms with E-state index in [-0.39, 0.29) is 5.69 Å². The summed E-state index contributed by atoms with van der Waals surface area (Å²) < 4.78 is 0. The number of hydrogen-bond acceptors (Lipinski definition) is 4. The predicted molar refractivity (Wildman–Crippen MR) is 72.6 cm³/mol. The molecule has 0 amide bonds. The molecule has 0 aliphatic carbocycles. The molecule has 0 fully saturated rings. The van der Waals surface area contributed by atoms with Gasteiger partial charge in [0.1, 0.15) is 0 Å². The van der Waals surface area contributed by atoms with Crippen molar-refractivity contribution in [1.82, 2.24) is 10.2 Å². The van der Waals surface area contributed by atoms with Crippen LogP contribution in [0.5, 0.6) is 0 Å². The Morgan fingerprint density at radius 2 is 1.89 bits per heavy atom. The largest absolute Gasteiger partial charge is 0.476 e. The van der Waals surface area contributed by atoms with Gasteiger partial charge in [0.15, 0.2) is 11.5 Å². The van der Waals surface area contributed by atoms with Crippen molar-refractivity contribution in [2.75, 3.05) is 11.9 Å². The molecule has 6 heteroatoms. The molecule has 19 heavy (non-hydrogen) atoms. The summed E-state index contributed by atoms with van der Waals surface area (Å²) >= 11 is 5.82. The summed E-state index contributed by atoms with van der Waals surface area (Å²) in [6.45, 7) is 0.637. The number of benzene rings is 1. The number of aromatic nitrogens is 2. The van der Waals surface area contributed by atoms with Gasteiger partial charge in [-0.2, -0.15) is 0 Å². The number of carboxylic acid groups (broad SMARTS) is 1. The van der Waals surface area contributed by atoms with E-state index in [1.165, 1.54) is 6.07 Å². The van der Waals surface area contributed by atoms with E-state index in [0.29, 0.717) is 17.4 Å². The van der Waals surface area contributed by atoms with Crippen molar-refractivity contribution < 1.29 is 9.90 Å². The predicted octanol–water partition coefficient (Wildman–Crippen LogP) is 2.46. The second-order valence-electron chi connectivity index (χ2n) is 4.06. The third-order valence-electron chi connectivity index (χ3n) is 2.59. The molecule has 1 aromatic heterocycles. The lowest BCUT2D eigenvalue weighted by atomic mass is 10.2. The molecule has 0 radical (unpaired) electrons. The molecule has 0 atom stereocenters. The topological polar surface area (TPSA) is 66.3 Å². The molecule has 0 unspecified atom stereocenters. The van der Waals surface area contributed by atoms with Crippen molar-refractivity contribution in [3.63, 3.8) is 0 Å². The molecule has 0 aliphatic heterocycles. The van der Waals surface area contributed by atoms with E-state index in [1.807, 2.05) is 36.2 Å². The van der Waals surface area contributed by atoms with Gasteiger partial charge in [0.2, 0.25) is 0 Å². The fraction of sp³-hybridized carbons (Fsp3) is 0.154. The van der Waals surface area contributed by atoms with E-state index in [1.54, 1.807) is 6.07 Å². The van der Waals surface area contributed by atoms with Crippen LogP contribution in [0.2, 0.25) is 5.02 Å². The summed E-state index contributed by atoms with van der Waals surface area (Å²) in [7, 11) is 1.86. The lowest BCUT2D eigenvalue weighted by molar-refractivity contribution is 0.0689. The quantitative estimate of drug-likeness (QED) is 0.930. The maximum absolute atomic E-state index is 10.7. The molecule has 0 bridgehead atoms. The van der Waals surface area contributed by atoms with E-state index in [4.69, 9.17) is 16.7 Å². The maximum Gasteiger partial charge on any atom is 0.356 e. The minimum Gasteiger partial charge on any atom is -0.476 e. The zero-order valence-electron chi connectivity index (χ0n) is 10.2. The zero-order valence-corrected chi connectivity index (χ0v) is 11.0. The van der Waals surface area contributed by atoms with Gasteiger partial charge in [0.05, 0.1) is 0 Å². The Hall–Kier alpha value is -2.14. The Labute approximate surface area is 115 Å². The number of hydrogen-bond donors (Lipinski definition) is 1. The lowest BCUT2D eigenvalue weighted by Gasteiger charge is -2.17. The molecule has 1 N–H and O–H groups in total. The first-order chi connectivity index (χ1) is 9.06. The van der Waals surface area contributed by atoms with Crippen LogP contribution in [0.25, 0.3) is 0 Å². The van der Waals surface area contributed by atoms with Gasteiger partial charge in [-0.25, -0.2) is 4.79 Å². The van der Waals surface area contributed by atoms with Gasteiger partial charge in [-0.3, -0.25) is 0 Å². The van der Waals surface area contributed by atoms with Crippen molar-refractivity contribution in [3.05, 3.63) is 52.7 Å². The van der Waals surface area contributed by atoms with Crippen LogP contribution in [0.15, 0.2) is 36.4 Å². The first-order valence-electron chi connectivity index (χ1n) is 5.59. The Morgan fingerprint density at radius 3 is 2.42 bits per heavy atom. The normalized spacial score (nSPS) is 10.2. The monoisotopic (exact) mass is 277 g/mol. The van der Waals surface area contributed by atoms with Crippen molar-refractivity contribution in [2.45, 2.75) is 6.54 Å². The second kappa shape index (κ2) is 5.67. The molecule has 0 saturated carbocycles. The Morgan fingerprint density at radius 1 is 1.21 bits per heavy atom. The van der Waals surface area contributed by atoms with Crippen LogP contribution in [0.1, 0.15) is 16.1 Å². The zero-order chi connectivity index (χ0) is 13.8. The fourth-order valence-corrected chi connectivity index (χ4v) is 1.71. The van der Waals surface area contributed by atoms with Crippen molar-refractivity contribution >= 4 is 23.4 Å². The molecule has 0 aliphatic rings. The molecule has 1 heterocycles. The van der Waals surface area contributed by atoms with Gasteiger partial charge in [-0.05, 0) is 29.8 Å². The van der Waals surface area contributed by atoms with E-state index in [2.05, 4.69) is 10.2 Å². The highest BCUT2D eigenvalue weighted by Gasteiger charge is 2.08. The first-order valence-corrected chi connectivity index (χ1v) is 5.96. The number of anilines is 1. The molecular weight excluding hydrogens is 266 g/mol. The van der Waals surface area contributed by atoms with Gasteiger partial charge >= 0.3 is 5.97 Å². The minimum atomic E-state index is -1.08. The molecule has 2 rings (SSSR count). The SMILES string of the molecule is CN(Cc1ccc(Cl)cc1)c1ccc(C(=O)O)nn1. The van der Waals surface area contributed by atoms with Crippen LogP contribution in [0.4, 0.5) is 5.82 Å². The standard InChI is InChI=1S/C13H12ClN3O2/c1-17(8-9-2-4-10(14)5-3-9)12-7-6-11(13(18)19)15-16-12/h2-7H,8H2,1H3,(H,18,19). The van der Waals surface area contributed by atoms with Crippen molar-refractivity contribution in [3.8, 4) is 0 Å². The summed E-state index contributed by atoms with van der Waals surface area (Å²) in [6.07, 6.45) is 0. The van der Waals surface area contributed by atoms with Gasteiger partial charge < -0.3 is 10.0 Å². The second-order valence-corrected chi connectivity index (χ2v) is 4.50. The molecule has 0 spiro atoms. The highest BCUT2D eigenvalue weighted by Crippen LogP contribution is 2.14. The third kappa shape index (κ3) is 3.42. The number of rotatable bonds is 4. The fourth-order valence-electron chi connectivity index (χ4n) is 1.59. The maximum atomic E-state index is 10.7. The van der Waals surface area contributed by atoms with Gasteiger partial charge in [-0.1, -0.05) is 23.7 Å². The van der Waals surface area contributed by atoms with Crippen LogP contribution in [-0.4, -0.2) is 28.3 Å². The van der Waals surface area contributed by atoms with Crippen LogP contribution in [-0.2, 0) is 6.54 Å². The summed E-state index contributed by atoms with van der Waals surface area (Å²) in [5.74, 6) is -0.473. The number of nitrogens with zero attached hydrogens (tertiary/aromatic N) is 3. The lowest BCUT2D eigenvalue weighted by Crippen LogP contribution is -2.18. The Bertz CT molecular complexity index is 569. The van der Waals surface area contributed by atoms with E-state index >= 15 is 0 Å². The average Bonchev–Trinajstić information content (AvgIpc) is 2.41. The highest BCUT2D eigenvalue weighted by molar-refractivity contribution is 6.30. The number of aromatic carboxylic acids is 1. The molecule has 2 aromatic rings. The van der Waals surface area contributed by atoms with Crippen LogP contribution < -0.4 is 4.90 Å². The van der Waals surface area contributed by atoms with E-state index in [9.17, 15) is 4.79 Å². The van der Waals surface area contributed by atoms with Crippen LogP contribution in [0, 0.1) is 0 Å². The van der Waals surface area contributed by atoms with Crippen molar-refractivity contribution in [2.24, 2.45) is 0 Å². The van der Waals surface area contributed by atoms with Crippen LogP contribution >= 0.6 is 11.6 Å². The molecule has 1 aromatic carbocycles. The van der Waals surface area contributed by atoms with Gasteiger partial charge in [0.25, 0.3) is 0 Å². The number of carboxylic acids is 1. The van der Waals surface area contributed by atoms with Gasteiger partial charge in [0, 0.05) is 18.6 Å². The van der Waals surface area contributed by atoms with E-state index in [0.717, 1.165) is 5.56 Å². The summed E-state index contributed by atoms with van der Waals surface area (Å²) in [6, 6.07) is 10.6. The van der Waals surface area contributed by atoms with Crippen molar-refractivity contribution in [1.29, 1.82) is 0 Å². The summed E-state index contributed by atoms with van der Waals surface area (Å²) in [5.41, 5.74) is 1.01. The molecule has 5 nitrogen and oxygen atoms in total. The van der Waals surface area contributed by atoms with E-state index < -0.39 is 5.97 Å². The first kappa shape index (κ1) is 13.3. The average molecular weight is 278 g/mol. The van der Waals surface area contributed by atoms with Crippen LogP contribution in [0.3, 0.4) is 0 Å². The summed E-state index contributed by atoms with van der Waals surface area (Å²) in [5, 5.41) is 17.0. The Balaban J connectivity index is 2.09. The summed E-state index contributed by atoms with van der Waals surface area (Å²) in [4.78, 5) is 12.6. The Kier molecular flexibility index (Phi) is 3.97. The number of halogens is 1. The smallest absolute Gasteiger partial charge is 0.356 e. The third-order valence-corrected chi connectivity index (χ3v) is 2.85. The molecular formula is C13H12ClN3O2. The van der Waals surface area contributed by atoms with Gasteiger partial charge in [-0.15, -0.1) is 10.2 Å².